The van der Waals surface area contributed by atoms with E-state index in [0.29, 0.717) is 31.1 Å². The second kappa shape index (κ2) is 22.8. The van der Waals surface area contributed by atoms with E-state index < -0.39 is 13.9 Å². The van der Waals surface area contributed by atoms with Crippen molar-refractivity contribution in [2.75, 3.05) is 13.1 Å². The first kappa shape index (κ1) is 45.6. The summed E-state index contributed by atoms with van der Waals surface area (Å²) in [6.07, 6.45) is 0.0751. The van der Waals surface area contributed by atoms with Crippen LogP contribution in [0.25, 0.3) is 0 Å². The van der Waals surface area contributed by atoms with Crippen LogP contribution in [-0.2, 0) is 57.8 Å². The van der Waals surface area contributed by atoms with Crippen molar-refractivity contribution < 1.29 is 42.6 Å². The first-order valence-corrected chi connectivity index (χ1v) is 22.7. The molecule has 0 aliphatic carbocycles. The Hall–Kier alpha value is -6.39. The van der Waals surface area contributed by atoms with E-state index in [0.717, 1.165) is 50.3 Å². The van der Waals surface area contributed by atoms with Crippen molar-refractivity contribution in [3.63, 3.8) is 0 Å². The number of halogens is 1. The third-order valence-electron chi connectivity index (χ3n) is 10.4. The van der Waals surface area contributed by atoms with Crippen molar-refractivity contribution in [3.8, 4) is 17.2 Å². The van der Waals surface area contributed by atoms with Crippen LogP contribution in [0, 0.1) is 0 Å². The molecule has 10 nitrogen and oxygen atoms in total. The number of phosphoric ester groups is 1. The highest BCUT2D eigenvalue weighted by atomic mass is 35.5. The number of phenolic OH excluding ortho intramolecular Hbond substituents is 1. The Balaban J connectivity index is 0.000000269. The molecule has 0 saturated carbocycles. The van der Waals surface area contributed by atoms with Gasteiger partial charge in [0.05, 0.1) is 18.2 Å². The fourth-order valence-electron chi connectivity index (χ4n) is 7.06. The third kappa shape index (κ3) is 13.3. The molecule has 1 atom stereocenters. The number of nitrogens with zero attached hydrogens (tertiary/aromatic N) is 1. The standard InChI is InChI=1S/C38H34ClNO5.C14H15O4P/c39-36-32-20-21-40(38(42)45-26-29-14-8-3-9-15-29)23-34(30-16-18-31(19-17-30)43-24-27-10-4-1-5-11-27)33(32)22-35(41)37(36)44-25-28-12-6-2-7-13-28;15-19(16,17-11-13-7-3-1-4-8-13)18-12-14-9-5-2-6-10-14/h1-19,22,34,41H,20-21,23-26H2;1-10H,11-12H2,(H,15,16). The molecule has 1 aliphatic heterocycles. The van der Waals surface area contributed by atoms with Gasteiger partial charge in [-0.05, 0) is 69.1 Å². The number of fused-ring (bicyclic) bond motifs is 1. The predicted octanol–water partition coefficient (Wildman–Crippen LogP) is 12.1. The Kier molecular flexibility index (Phi) is 16.3. The van der Waals surface area contributed by atoms with Crippen LogP contribution in [0.3, 0.4) is 0 Å². The quantitative estimate of drug-likeness (QED) is 0.0968. The number of hydrogen-bond acceptors (Lipinski definition) is 8. The normalized spacial score (nSPS) is 13.4. The van der Waals surface area contributed by atoms with Crippen molar-refractivity contribution >= 4 is 25.5 Å². The van der Waals surface area contributed by atoms with Crippen LogP contribution in [-0.4, -0.2) is 34.1 Å². The lowest BCUT2D eigenvalue weighted by atomic mass is 9.87. The summed E-state index contributed by atoms with van der Waals surface area (Å²) in [5.74, 6) is 0.660. The second-order valence-electron chi connectivity index (χ2n) is 15.0. The van der Waals surface area contributed by atoms with Gasteiger partial charge in [-0.3, -0.25) is 9.05 Å². The van der Waals surface area contributed by atoms with Crippen molar-refractivity contribution in [1.29, 1.82) is 0 Å². The van der Waals surface area contributed by atoms with Crippen LogP contribution in [0.2, 0.25) is 5.02 Å². The summed E-state index contributed by atoms with van der Waals surface area (Å²) in [5.41, 5.74) is 7.24. The molecule has 8 rings (SSSR count). The SMILES string of the molecule is O=C(OCc1ccccc1)N1CCc2c(cc(O)c(OCc3ccccc3)c2Cl)C(c2ccc(OCc3ccccc3)cc2)C1.O=P(O)(OCc1ccccc1)OCc1ccccc1. The van der Waals surface area contributed by atoms with Gasteiger partial charge in [-0.25, -0.2) is 9.36 Å². The average Bonchev–Trinajstić information content (AvgIpc) is 3.53. The lowest BCUT2D eigenvalue weighted by Crippen LogP contribution is -2.35. The zero-order chi connectivity index (χ0) is 44.6. The highest BCUT2D eigenvalue weighted by Crippen LogP contribution is 2.46. The minimum atomic E-state index is -4.02. The molecule has 0 spiro atoms. The molecule has 1 aliphatic rings. The molecule has 7 aromatic rings. The molecule has 2 N–H and O–H groups in total. The third-order valence-corrected chi connectivity index (χ3v) is 11.8. The maximum Gasteiger partial charge on any atom is 0.472 e. The zero-order valence-electron chi connectivity index (χ0n) is 35.1. The topological polar surface area (TPSA) is 124 Å². The second-order valence-corrected chi connectivity index (χ2v) is 16.8. The lowest BCUT2D eigenvalue weighted by molar-refractivity contribution is 0.0963. The zero-order valence-corrected chi connectivity index (χ0v) is 36.7. The fourth-order valence-corrected chi connectivity index (χ4v) is 8.12. The van der Waals surface area contributed by atoms with Gasteiger partial charge in [-0.15, -0.1) is 0 Å². The summed E-state index contributed by atoms with van der Waals surface area (Å²) < 4.78 is 39.3. The fraction of sp³-hybridized carbons (Fsp3) is 0.173. The Morgan fingerprint density at radius 3 is 1.53 bits per heavy atom. The van der Waals surface area contributed by atoms with E-state index in [4.69, 9.17) is 34.9 Å². The number of rotatable bonds is 15. The molecular weight excluding hydrogens is 849 g/mol. The van der Waals surface area contributed by atoms with Crippen molar-refractivity contribution in [2.45, 2.75) is 45.4 Å². The first-order chi connectivity index (χ1) is 31.2. The van der Waals surface area contributed by atoms with Crippen LogP contribution in [0.15, 0.2) is 182 Å². The van der Waals surface area contributed by atoms with E-state index in [9.17, 15) is 19.4 Å². The Morgan fingerprint density at radius 1 is 0.609 bits per heavy atom. The number of carbonyl (C=O) groups is 1. The van der Waals surface area contributed by atoms with E-state index >= 15 is 0 Å². The predicted molar refractivity (Wildman–Crippen MR) is 247 cm³/mol. The van der Waals surface area contributed by atoms with E-state index in [2.05, 4.69) is 0 Å². The van der Waals surface area contributed by atoms with E-state index in [1.165, 1.54) is 0 Å². The minimum absolute atomic E-state index is 0.0393. The van der Waals surface area contributed by atoms with Gasteiger partial charge < -0.3 is 29.1 Å². The van der Waals surface area contributed by atoms with E-state index in [-0.39, 0.29) is 43.8 Å². The number of hydrogen-bond donors (Lipinski definition) is 2. The minimum Gasteiger partial charge on any atom is -0.504 e. The molecule has 0 saturated heterocycles. The number of aromatic hydroxyl groups is 1. The van der Waals surface area contributed by atoms with Crippen molar-refractivity contribution in [3.05, 3.63) is 232 Å². The maximum absolute atomic E-state index is 13.4. The molecular formula is C52H49ClNO9P. The highest BCUT2D eigenvalue weighted by molar-refractivity contribution is 7.47. The summed E-state index contributed by atoms with van der Waals surface area (Å²) in [4.78, 5) is 24.6. The number of carbonyl (C=O) groups excluding carboxylic acids is 1. The van der Waals surface area contributed by atoms with Crippen LogP contribution in [0.4, 0.5) is 4.79 Å². The molecule has 1 unspecified atom stereocenters. The van der Waals surface area contributed by atoms with Gasteiger partial charge in [0.1, 0.15) is 25.6 Å². The smallest absolute Gasteiger partial charge is 0.472 e. The summed E-state index contributed by atoms with van der Waals surface area (Å²) in [6.45, 7) is 1.75. The first-order valence-electron chi connectivity index (χ1n) is 20.8. The molecule has 12 heteroatoms. The molecule has 1 amide bonds. The van der Waals surface area contributed by atoms with Crippen LogP contribution in [0.5, 0.6) is 17.2 Å². The largest absolute Gasteiger partial charge is 0.504 e. The van der Waals surface area contributed by atoms with Gasteiger partial charge >= 0.3 is 13.9 Å². The molecule has 0 radical (unpaired) electrons. The average molecular weight is 898 g/mol. The van der Waals surface area contributed by atoms with Gasteiger partial charge in [-0.2, -0.15) is 0 Å². The molecule has 1 heterocycles. The molecule has 0 fully saturated rings. The summed E-state index contributed by atoms with van der Waals surface area (Å²) >= 11 is 6.98. The van der Waals surface area contributed by atoms with Gasteiger partial charge in [0.25, 0.3) is 0 Å². The Bertz CT molecular complexity index is 2520. The van der Waals surface area contributed by atoms with Gasteiger partial charge in [0.2, 0.25) is 0 Å². The highest BCUT2D eigenvalue weighted by Gasteiger charge is 2.32. The number of ether oxygens (including phenoxy) is 3. The molecule has 328 valence electrons. The molecule has 7 aromatic carbocycles. The van der Waals surface area contributed by atoms with Gasteiger partial charge in [0, 0.05) is 19.0 Å². The summed E-state index contributed by atoms with van der Waals surface area (Å²) in [7, 11) is -4.02. The number of amides is 1. The molecule has 0 aromatic heterocycles. The van der Waals surface area contributed by atoms with Crippen LogP contribution in [0.1, 0.15) is 50.4 Å². The van der Waals surface area contributed by atoms with Gasteiger partial charge in [-0.1, -0.05) is 175 Å². The number of benzene rings is 7. The van der Waals surface area contributed by atoms with Crippen LogP contribution >= 0.6 is 19.4 Å². The number of phenols is 1. The number of phosphoric acid groups is 1. The van der Waals surface area contributed by atoms with Crippen molar-refractivity contribution in [1.82, 2.24) is 4.90 Å². The maximum atomic E-state index is 13.4. The lowest BCUT2D eigenvalue weighted by Gasteiger charge is -2.25. The van der Waals surface area contributed by atoms with Crippen LogP contribution < -0.4 is 9.47 Å². The monoisotopic (exact) mass is 897 g/mol. The molecule has 0 bridgehead atoms. The Labute approximate surface area is 378 Å². The summed E-state index contributed by atoms with van der Waals surface area (Å²) in [5, 5.41) is 11.5. The van der Waals surface area contributed by atoms with Gasteiger partial charge in [0.15, 0.2) is 11.5 Å². The Morgan fingerprint density at radius 2 is 1.05 bits per heavy atom. The van der Waals surface area contributed by atoms with E-state index in [1.807, 2.05) is 176 Å². The van der Waals surface area contributed by atoms with E-state index in [1.54, 1.807) is 11.0 Å². The van der Waals surface area contributed by atoms with Crippen molar-refractivity contribution in [2.24, 2.45) is 0 Å². The summed E-state index contributed by atoms with van der Waals surface area (Å²) in [6, 6.07) is 57.3. The molecule has 64 heavy (non-hydrogen) atoms.